The third-order valence-electron chi connectivity index (χ3n) is 4.06. The van der Waals surface area contributed by atoms with Crippen molar-refractivity contribution in [2.24, 2.45) is 5.92 Å². The van der Waals surface area contributed by atoms with Crippen LogP contribution in [0.15, 0.2) is 18.3 Å². The summed E-state index contributed by atoms with van der Waals surface area (Å²) in [5, 5.41) is 3.60. The van der Waals surface area contributed by atoms with Crippen molar-refractivity contribution < 1.29 is 0 Å². The van der Waals surface area contributed by atoms with Crippen molar-refractivity contribution >= 4 is 5.82 Å². The third kappa shape index (κ3) is 2.83. The Balaban J connectivity index is 1.73. The zero-order chi connectivity index (χ0) is 12.4. The summed E-state index contributed by atoms with van der Waals surface area (Å²) >= 11 is 0. The summed E-state index contributed by atoms with van der Waals surface area (Å²) < 4.78 is 0. The lowest BCUT2D eigenvalue weighted by molar-refractivity contribution is 0.566. The summed E-state index contributed by atoms with van der Waals surface area (Å²) in [5.41, 5.74) is 1.30. The smallest absolute Gasteiger partial charge is 0.131 e. The van der Waals surface area contributed by atoms with Gasteiger partial charge in [0.15, 0.2) is 0 Å². The van der Waals surface area contributed by atoms with Gasteiger partial charge in [0.25, 0.3) is 0 Å². The highest BCUT2D eigenvalue weighted by Crippen LogP contribution is 2.32. The molecule has 1 aromatic rings. The lowest BCUT2D eigenvalue weighted by Gasteiger charge is -2.28. The van der Waals surface area contributed by atoms with Crippen molar-refractivity contribution in [2.45, 2.75) is 38.6 Å². The molecule has 0 amide bonds. The molecule has 1 aromatic heterocycles. The molecule has 2 aliphatic rings. The minimum absolute atomic E-state index is 0.658. The van der Waals surface area contributed by atoms with Gasteiger partial charge in [-0.25, -0.2) is 4.98 Å². The Morgan fingerprint density at radius 2 is 2.22 bits per heavy atom. The van der Waals surface area contributed by atoms with Crippen LogP contribution in [0.2, 0.25) is 0 Å². The highest BCUT2D eigenvalue weighted by Gasteiger charge is 2.27. The second kappa shape index (κ2) is 5.27. The fraction of sp³-hybridized carbons (Fsp3) is 0.667. The van der Waals surface area contributed by atoms with Crippen molar-refractivity contribution in [1.29, 1.82) is 0 Å². The van der Waals surface area contributed by atoms with Crippen LogP contribution in [0.25, 0.3) is 0 Å². The fourth-order valence-electron chi connectivity index (χ4n) is 2.85. The highest BCUT2D eigenvalue weighted by molar-refractivity contribution is 5.46. The molecule has 1 atom stereocenters. The Morgan fingerprint density at radius 1 is 1.33 bits per heavy atom. The van der Waals surface area contributed by atoms with E-state index >= 15 is 0 Å². The molecular weight excluding hydrogens is 222 g/mol. The molecular formula is C15H23N3. The summed E-state index contributed by atoms with van der Waals surface area (Å²) in [6, 6.07) is 4.86. The molecule has 2 heterocycles. The van der Waals surface area contributed by atoms with E-state index < -0.39 is 0 Å². The number of nitrogens with zero attached hydrogens (tertiary/aromatic N) is 2. The van der Waals surface area contributed by atoms with Gasteiger partial charge in [-0.3, -0.25) is 0 Å². The number of anilines is 1. The lowest BCUT2D eigenvalue weighted by Crippen LogP contribution is -2.39. The number of hydrogen-bond acceptors (Lipinski definition) is 3. The number of hydrogen-bond donors (Lipinski definition) is 1. The molecule has 1 aliphatic heterocycles. The van der Waals surface area contributed by atoms with Crippen LogP contribution in [0.1, 0.15) is 31.2 Å². The Morgan fingerprint density at radius 3 is 2.89 bits per heavy atom. The number of rotatable bonds is 5. The molecule has 98 valence electrons. The molecule has 0 bridgehead atoms. The fourth-order valence-corrected chi connectivity index (χ4v) is 2.85. The van der Waals surface area contributed by atoms with Gasteiger partial charge in [0.05, 0.1) is 0 Å². The summed E-state index contributed by atoms with van der Waals surface area (Å²) in [6.45, 7) is 5.66. The predicted octanol–water partition coefficient (Wildman–Crippen LogP) is 2.36. The molecule has 3 rings (SSSR count). The van der Waals surface area contributed by atoms with E-state index in [2.05, 4.69) is 28.2 Å². The Labute approximate surface area is 110 Å². The van der Waals surface area contributed by atoms with Gasteiger partial charge in [-0.05, 0) is 56.7 Å². The zero-order valence-electron chi connectivity index (χ0n) is 11.2. The molecule has 18 heavy (non-hydrogen) atoms. The van der Waals surface area contributed by atoms with E-state index in [4.69, 9.17) is 0 Å². The van der Waals surface area contributed by atoms with E-state index in [9.17, 15) is 0 Å². The van der Waals surface area contributed by atoms with E-state index in [0.717, 1.165) is 12.5 Å². The lowest BCUT2D eigenvalue weighted by atomic mass is 10.2. The van der Waals surface area contributed by atoms with Crippen molar-refractivity contribution in [2.75, 3.05) is 24.5 Å². The second-order valence-corrected chi connectivity index (χ2v) is 5.79. The largest absolute Gasteiger partial charge is 0.355 e. The maximum Gasteiger partial charge on any atom is 0.131 e. The second-order valence-electron chi connectivity index (χ2n) is 5.79. The molecule has 1 unspecified atom stereocenters. The third-order valence-corrected chi connectivity index (χ3v) is 4.06. The Hall–Kier alpha value is -1.09. The average molecular weight is 245 g/mol. The van der Waals surface area contributed by atoms with Gasteiger partial charge < -0.3 is 10.2 Å². The van der Waals surface area contributed by atoms with Crippen LogP contribution in [0, 0.1) is 12.8 Å². The van der Waals surface area contributed by atoms with E-state index in [1.54, 1.807) is 0 Å². The maximum absolute atomic E-state index is 4.60. The first kappa shape index (κ1) is 12.0. The van der Waals surface area contributed by atoms with Crippen LogP contribution in [-0.4, -0.2) is 30.7 Å². The predicted molar refractivity (Wildman–Crippen MR) is 74.9 cm³/mol. The van der Waals surface area contributed by atoms with Gasteiger partial charge in [-0.2, -0.15) is 0 Å². The van der Waals surface area contributed by atoms with Crippen LogP contribution in [0.4, 0.5) is 5.82 Å². The Kier molecular flexibility index (Phi) is 3.50. The number of aromatic nitrogens is 1. The molecule has 2 fully saturated rings. The van der Waals surface area contributed by atoms with E-state index in [-0.39, 0.29) is 0 Å². The van der Waals surface area contributed by atoms with Crippen LogP contribution in [0.5, 0.6) is 0 Å². The first-order valence-corrected chi connectivity index (χ1v) is 7.23. The molecule has 3 heteroatoms. The van der Waals surface area contributed by atoms with Crippen molar-refractivity contribution in [1.82, 2.24) is 10.3 Å². The number of nitrogens with one attached hydrogen (secondary N) is 1. The maximum atomic E-state index is 4.60. The number of aryl methyl sites for hydroxylation is 1. The first-order valence-electron chi connectivity index (χ1n) is 7.23. The molecule has 3 nitrogen and oxygen atoms in total. The monoisotopic (exact) mass is 245 g/mol. The zero-order valence-corrected chi connectivity index (χ0v) is 11.2. The van der Waals surface area contributed by atoms with Crippen molar-refractivity contribution in [3.8, 4) is 0 Å². The van der Waals surface area contributed by atoms with Crippen LogP contribution in [-0.2, 0) is 0 Å². The van der Waals surface area contributed by atoms with Gasteiger partial charge >= 0.3 is 0 Å². The summed E-state index contributed by atoms with van der Waals surface area (Å²) in [5.74, 6) is 2.10. The molecule has 0 spiro atoms. The molecule has 0 aromatic carbocycles. The molecule has 1 N–H and O–H groups in total. The summed E-state index contributed by atoms with van der Waals surface area (Å²) in [7, 11) is 0. The van der Waals surface area contributed by atoms with Crippen molar-refractivity contribution in [3.63, 3.8) is 0 Å². The van der Waals surface area contributed by atoms with Crippen LogP contribution < -0.4 is 10.2 Å². The van der Waals surface area contributed by atoms with E-state index in [0.29, 0.717) is 6.04 Å². The minimum atomic E-state index is 0.658. The van der Waals surface area contributed by atoms with Crippen LogP contribution in [0.3, 0.4) is 0 Å². The quantitative estimate of drug-likeness (QED) is 0.863. The number of pyridine rings is 1. The van der Waals surface area contributed by atoms with E-state index in [1.807, 2.05) is 12.3 Å². The van der Waals surface area contributed by atoms with E-state index in [1.165, 1.54) is 50.2 Å². The SMILES string of the molecule is Cc1cccnc1N(CC1CC1)CC1CCCN1. The summed E-state index contributed by atoms with van der Waals surface area (Å²) in [6.07, 6.45) is 7.36. The Bertz CT molecular complexity index is 394. The van der Waals surface area contributed by atoms with Gasteiger partial charge in [0.2, 0.25) is 0 Å². The summed E-state index contributed by atoms with van der Waals surface area (Å²) in [4.78, 5) is 7.11. The molecule has 0 radical (unpaired) electrons. The van der Waals surface area contributed by atoms with Crippen LogP contribution >= 0.6 is 0 Å². The standard InChI is InChI=1S/C15H23N3/c1-12-4-2-9-17-15(12)18(10-13-6-7-13)11-14-5-3-8-16-14/h2,4,9,13-14,16H,3,5-8,10-11H2,1H3. The minimum Gasteiger partial charge on any atom is -0.355 e. The van der Waals surface area contributed by atoms with Gasteiger partial charge in [-0.15, -0.1) is 0 Å². The van der Waals surface area contributed by atoms with Crippen molar-refractivity contribution in [3.05, 3.63) is 23.9 Å². The highest BCUT2D eigenvalue weighted by atomic mass is 15.2. The van der Waals surface area contributed by atoms with Gasteiger partial charge in [0, 0.05) is 25.3 Å². The van der Waals surface area contributed by atoms with Gasteiger partial charge in [0.1, 0.15) is 5.82 Å². The average Bonchev–Trinajstić information content (AvgIpc) is 3.03. The first-order chi connectivity index (χ1) is 8.83. The molecule has 1 saturated heterocycles. The van der Waals surface area contributed by atoms with Gasteiger partial charge in [-0.1, -0.05) is 6.07 Å². The molecule has 1 aliphatic carbocycles. The normalized spacial score (nSPS) is 23.3. The molecule has 1 saturated carbocycles. The topological polar surface area (TPSA) is 28.2 Å².